The van der Waals surface area contributed by atoms with Crippen LogP contribution >= 0.6 is 11.3 Å². The van der Waals surface area contributed by atoms with E-state index in [9.17, 15) is 4.79 Å². The molecule has 2 rings (SSSR count). The standard InChI is InChI=1S/C12H18N2O3S/c1-8-9(10(15)16-4)13-11(18-8)14-5-6-17-12(2,3)7-14/h5-7H2,1-4H3. The fourth-order valence-corrected chi connectivity index (χ4v) is 2.90. The first kappa shape index (κ1) is 13.3. The van der Waals surface area contributed by atoms with E-state index in [0.717, 1.165) is 23.1 Å². The largest absolute Gasteiger partial charge is 0.464 e. The lowest BCUT2D eigenvalue weighted by molar-refractivity contribution is -0.0277. The molecule has 0 amide bonds. The molecule has 18 heavy (non-hydrogen) atoms. The van der Waals surface area contributed by atoms with Crippen molar-refractivity contribution in [2.45, 2.75) is 26.4 Å². The van der Waals surface area contributed by atoms with E-state index >= 15 is 0 Å². The predicted octanol–water partition coefficient (Wildman–Crippen LogP) is 1.85. The van der Waals surface area contributed by atoms with E-state index in [2.05, 4.69) is 23.7 Å². The Labute approximate surface area is 111 Å². The number of aromatic nitrogens is 1. The second-order valence-corrected chi connectivity index (χ2v) is 6.10. The Hall–Kier alpha value is -1.14. The van der Waals surface area contributed by atoms with E-state index in [4.69, 9.17) is 9.47 Å². The molecule has 1 saturated heterocycles. The van der Waals surface area contributed by atoms with Crippen molar-refractivity contribution >= 4 is 22.4 Å². The Balaban J connectivity index is 2.21. The number of nitrogens with zero attached hydrogens (tertiary/aromatic N) is 2. The number of morpholine rings is 1. The molecular weight excluding hydrogens is 252 g/mol. The van der Waals surface area contributed by atoms with Crippen molar-refractivity contribution in [3.63, 3.8) is 0 Å². The number of hydrogen-bond acceptors (Lipinski definition) is 6. The van der Waals surface area contributed by atoms with E-state index in [1.165, 1.54) is 18.4 Å². The Morgan fingerprint density at radius 3 is 2.89 bits per heavy atom. The van der Waals surface area contributed by atoms with Gasteiger partial charge in [0, 0.05) is 18.0 Å². The van der Waals surface area contributed by atoms with Crippen LogP contribution in [0.5, 0.6) is 0 Å². The molecule has 1 fully saturated rings. The molecule has 100 valence electrons. The SMILES string of the molecule is COC(=O)c1nc(N2CCOC(C)(C)C2)sc1C. The highest BCUT2D eigenvalue weighted by Crippen LogP contribution is 2.29. The molecule has 6 heteroatoms. The van der Waals surface area contributed by atoms with Crippen LogP contribution in [0.3, 0.4) is 0 Å². The smallest absolute Gasteiger partial charge is 0.357 e. The Morgan fingerprint density at radius 1 is 1.56 bits per heavy atom. The Bertz CT molecular complexity index is 456. The van der Waals surface area contributed by atoms with Crippen LogP contribution in [0.2, 0.25) is 0 Å². The lowest BCUT2D eigenvalue weighted by Gasteiger charge is -2.37. The van der Waals surface area contributed by atoms with Gasteiger partial charge in [-0.2, -0.15) is 0 Å². The van der Waals surface area contributed by atoms with E-state index < -0.39 is 0 Å². The van der Waals surface area contributed by atoms with Crippen LogP contribution in [0.15, 0.2) is 0 Å². The molecule has 0 atom stereocenters. The van der Waals surface area contributed by atoms with Crippen molar-refractivity contribution in [2.24, 2.45) is 0 Å². The number of ether oxygens (including phenoxy) is 2. The second-order valence-electron chi connectivity index (χ2n) is 4.92. The lowest BCUT2D eigenvalue weighted by atomic mass is 10.1. The molecule has 0 aliphatic carbocycles. The molecule has 0 saturated carbocycles. The van der Waals surface area contributed by atoms with Crippen LogP contribution in [0.4, 0.5) is 5.13 Å². The summed E-state index contributed by atoms with van der Waals surface area (Å²) in [5, 5.41) is 0.865. The van der Waals surface area contributed by atoms with Gasteiger partial charge in [-0.05, 0) is 20.8 Å². The molecule has 1 aromatic heterocycles. The highest BCUT2D eigenvalue weighted by molar-refractivity contribution is 7.15. The summed E-state index contributed by atoms with van der Waals surface area (Å²) < 4.78 is 10.4. The van der Waals surface area contributed by atoms with E-state index in [1.807, 2.05) is 6.92 Å². The summed E-state index contributed by atoms with van der Waals surface area (Å²) in [5.74, 6) is -0.373. The van der Waals surface area contributed by atoms with Gasteiger partial charge in [0.05, 0.1) is 19.3 Å². The van der Waals surface area contributed by atoms with Crippen molar-refractivity contribution in [1.29, 1.82) is 0 Å². The van der Waals surface area contributed by atoms with Gasteiger partial charge in [0.1, 0.15) is 0 Å². The molecule has 1 aliphatic rings. The minimum absolute atomic E-state index is 0.177. The number of esters is 1. The maximum atomic E-state index is 11.5. The molecule has 1 aromatic rings. The number of aryl methyl sites for hydroxylation is 1. The third-order valence-electron chi connectivity index (χ3n) is 2.86. The van der Waals surface area contributed by atoms with E-state index in [1.54, 1.807) is 0 Å². The van der Waals surface area contributed by atoms with Crippen molar-refractivity contribution < 1.29 is 14.3 Å². The Morgan fingerprint density at radius 2 is 2.28 bits per heavy atom. The van der Waals surface area contributed by atoms with Gasteiger partial charge in [0.25, 0.3) is 0 Å². The molecule has 5 nitrogen and oxygen atoms in total. The molecule has 0 unspecified atom stereocenters. The molecule has 2 heterocycles. The molecule has 0 bridgehead atoms. The van der Waals surface area contributed by atoms with Gasteiger partial charge in [0.15, 0.2) is 10.8 Å². The minimum atomic E-state index is -0.373. The topological polar surface area (TPSA) is 51.7 Å². The van der Waals surface area contributed by atoms with E-state index in [-0.39, 0.29) is 11.6 Å². The summed E-state index contributed by atoms with van der Waals surface area (Å²) in [6.45, 7) is 8.26. The van der Waals surface area contributed by atoms with E-state index in [0.29, 0.717) is 12.3 Å². The van der Waals surface area contributed by atoms with Crippen molar-refractivity contribution in [3.05, 3.63) is 10.6 Å². The van der Waals surface area contributed by atoms with Crippen LogP contribution in [-0.2, 0) is 9.47 Å². The summed E-state index contributed by atoms with van der Waals surface area (Å²) in [6.07, 6.45) is 0. The summed E-state index contributed by atoms with van der Waals surface area (Å²) in [6, 6.07) is 0. The summed E-state index contributed by atoms with van der Waals surface area (Å²) in [4.78, 5) is 19.0. The number of methoxy groups -OCH3 is 1. The number of rotatable bonds is 2. The number of anilines is 1. The van der Waals surface area contributed by atoms with Crippen LogP contribution in [0, 0.1) is 6.92 Å². The van der Waals surface area contributed by atoms with Crippen LogP contribution < -0.4 is 4.90 Å². The zero-order chi connectivity index (χ0) is 13.3. The minimum Gasteiger partial charge on any atom is -0.464 e. The monoisotopic (exact) mass is 270 g/mol. The van der Waals surface area contributed by atoms with Crippen molar-refractivity contribution in [2.75, 3.05) is 31.7 Å². The summed E-state index contributed by atoms with van der Waals surface area (Å²) in [7, 11) is 1.37. The predicted molar refractivity (Wildman–Crippen MR) is 70.4 cm³/mol. The van der Waals surface area contributed by atoms with Gasteiger partial charge in [-0.25, -0.2) is 9.78 Å². The maximum Gasteiger partial charge on any atom is 0.357 e. The molecule has 0 N–H and O–H groups in total. The number of hydrogen-bond donors (Lipinski definition) is 0. The average Bonchev–Trinajstić information content (AvgIpc) is 2.69. The van der Waals surface area contributed by atoms with Gasteiger partial charge < -0.3 is 14.4 Å². The van der Waals surface area contributed by atoms with Crippen molar-refractivity contribution in [1.82, 2.24) is 4.98 Å². The first-order valence-corrected chi connectivity index (χ1v) is 6.69. The molecule has 0 aromatic carbocycles. The lowest BCUT2D eigenvalue weighted by Crippen LogP contribution is -2.48. The first-order valence-electron chi connectivity index (χ1n) is 5.87. The third kappa shape index (κ3) is 2.64. The van der Waals surface area contributed by atoms with Gasteiger partial charge in [0.2, 0.25) is 0 Å². The van der Waals surface area contributed by atoms with Gasteiger partial charge in [-0.15, -0.1) is 11.3 Å². The maximum absolute atomic E-state index is 11.5. The Kier molecular flexibility index (Phi) is 3.59. The second kappa shape index (κ2) is 4.85. The highest BCUT2D eigenvalue weighted by atomic mass is 32.1. The van der Waals surface area contributed by atoms with Crippen LogP contribution in [0.1, 0.15) is 29.2 Å². The number of carbonyl (C=O) groups is 1. The molecule has 0 radical (unpaired) electrons. The fraction of sp³-hybridized carbons (Fsp3) is 0.667. The number of thiazole rings is 1. The van der Waals surface area contributed by atoms with Gasteiger partial charge in [-0.1, -0.05) is 0 Å². The first-order chi connectivity index (χ1) is 8.43. The van der Waals surface area contributed by atoms with Crippen LogP contribution in [0.25, 0.3) is 0 Å². The normalized spacial score (nSPS) is 18.8. The third-order valence-corrected chi connectivity index (χ3v) is 3.89. The zero-order valence-corrected chi connectivity index (χ0v) is 12.0. The molecular formula is C12H18N2O3S. The molecule has 1 aliphatic heterocycles. The van der Waals surface area contributed by atoms with Gasteiger partial charge in [-0.3, -0.25) is 0 Å². The highest BCUT2D eigenvalue weighted by Gasteiger charge is 2.29. The zero-order valence-electron chi connectivity index (χ0n) is 11.1. The van der Waals surface area contributed by atoms with Crippen molar-refractivity contribution in [3.8, 4) is 0 Å². The van der Waals surface area contributed by atoms with Gasteiger partial charge >= 0.3 is 5.97 Å². The fourth-order valence-electron chi connectivity index (χ4n) is 1.98. The average molecular weight is 270 g/mol. The number of carbonyl (C=O) groups excluding carboxylic acids is 1. The molecule has 0 spiro atoms. The quantitative estimate of drug-likeness (QED) is 0.768. The summed E-state index contributed by atoms with van der Waals surface area (Å²) in [5.41, 5.74) is 0.241. The van der Waals surface area contributed by atoms with Crippen LogP contribution in [-0.4, -0.2) is 43.4 Å². The summed E-state index contributed by atoms with van der Waals surface area (Å²) >= 11 is 1.52.